The van der Waals surface area contributed by atoms with Crippen LogP contribution in [0.15, 0.2) is 12.3 Å². The lowest BCUT2D eigenvalue weighted by Crippen LogP contribution is -2.21. The summed E-state index contributed by atoms with van der Waals surface area (Å²) in [4.78, 5) is 4.45. The maximum absolute atomic E-state index is 8.99. The molecule has 0 amide bonds. The van der Waals surface area contributed by atoms with Crippen molar-refractivity contribution in [2.45, 2.75) is 39.9 Å². The first-order chi connectivity index (χ1) is 8.61. The fourth-order valence-electron chi connectivity index (χ4n) is 1.92. The average Bonchev–Trinajstić information content (AvgIpc) is 2.64. The zero-order valence-electron chi connectivity index (χ0n) is 11.1. The van der Waals surface area contributed by atoms with Crippen molar-refractivity contribution in [3.8, 4) is 0 Å². The number of nitrogens with one attached hydrogen (secondary N) is 1. The lowest BCUT2D eigenvalue weighted by Gasteiger charge is -2.07. The Bertz CT molecular complexity index is 533. The molecule has 0 aliphatic carbocycles. The molecule has 0 fully saturated rings. The van der Waals surface area contributed by atoms with E-state index in [0.717, 1.165) is 28.8 Å². The number of aromatic nitrogens is 3. The van der Waals surface area contributed by atoms with Crippen molar-refractivity contribution >= 4 is 11.0 Å². The smallest absolute Gasteiger partial charge is 0.158 e. The molecule has 0 spiro atoms. The van der Waals surface area contributed by atoms with Crippen LogP contribution in [-0.2, 0) is 13.1 Å². The highest BCUT2D eigenvalue weighted by atomic mass is 16.3. The van der Waals surface area contributed by atoms with E-state index < -0.39 is 0 Å². The molecule has 2 rings (SSSR count). The summed E-state index contributed by atoms with van der Waals surface area (Å²) < 4.78 is 1.75. The highest BCUT2D eigenvalue weighted by molar-refractivity contribution is 5.78. The molecule has 5 nitrogen and oxygen atoms in total. The topological polar surface area (TPSA) is 63.0 Å². The summed E-state index contributed by atoms with van der Waals surface area (Å²) in [6, 6.07) is 2.58. The van der Waals surface area contributed by atoms with Crippen molar-refractivity contribution in [2.24, 2.45) is 0 Å². The number of nitrogens with zero attached hydrogens (tertiary/aromatic N) is 3. The van der Waals surface area contributed by atoms with Gasteiger partial charge in [0.2, 0.25) is 0 Å². The predicted octanol–water partition coefficient (Wildman–Crippen LogP) is 1.23. The first-order valence-electron chi connectivity index (χ1n) is 6.28. The summed E-state index contributed by atoms with van der Waals surface area (Å²) in [5.41, 5.74) is 2.95. The first kappa shape index (κ1) is 13.0. The number of aryl methyl sites for hydroxylation is 1. The van der Waals surface area contributed by atoms with E-state index in [1.807, 2.05) is 13.1 Å². The van der Waals surface area contributed by atoms with Crippen LogP contribution in [0.5, 0.6) is 0 Å². The number of rotatable bonds is 5. The largest absolute Gasteiger partial charge is 0.394 e. The number of aliphatic hydroxyl groups is 1. The lowest BCUT2D eigenvalue weighted by atomic mass is 10.2. The summed E-state index contributed by atoms with van der Waals surface area (Å²) in [5, 5.41) is 17.8. The Morgan fingerprint density at radius 2 is 2.22 bits per heavy atom. The van der Waals surface area contributed by atoms with Gasteiger partial charge in [0.15, 0.2) is 5.65 Å². The van der Waals surface area contributed by atoms with Gasteiger partial charge in [0, 0.05) is 24.2 Å². The van der Waals surface area contributed by atoms with Gasteiger partial charge in [-0.25, -0.2) is 9.67 Å². The molecule has 2 aromatic heterocycles. The molecule has 98 valence electrons. The van der Waals surface area contributed by atoms with Crippen LogP contribution in [0, 0.1) is 6.92 Å². The average molecular weight is 248 g/mol. The maximum atomic E-state index is 8.99. The van der Waals surface area contributed by atoms with Gasteiger partial charge < -0.3 is 10.4 Å². The van der Waals surface area contributed by atoms with Crippen LogP contribution in [0.2, 0.25) is 0 Å². The van der Waals surface area contributed by atoms with Crippen LogP contribution < -0.4 is 5.32 Å². The molecule has 2 N–H and O–H groups in total. The number of hydrogen-bond donors (Lipinski definition) is 2. The molecule has 18 heavy (non-hydrogen) atoms. The second-order valence-electron chi connectivity index (χ2n) is 4.78. The minimum absolute atomic E-state index is 0.0779. The van der Waals surface area contributed by atoms with Gasteiger partial charge in [-0.3, -0.25) is 0 Å². The van der Waals surface area contributed by atoms with E-state index in [4.69, 9.17) is 5.11 Å². The Kier molecular flexibility index (Phi) is 3.93. The van der Waals surface area contributed by atoms with Crippen molar-refractivity contribution in [3.05, 3.63) is 23.5 Å². The van der Waals surface area contributed by atoms with Gasteiger partial charge in [-0.2, -0.15) is 5.10 Å². The van der Waals surface area contributed by atoms with Gasteiger partial charge in [-0.15, -0.1) is 0 Å². The fourth-order valence-corrected chi connectivity index (χ4v) is 1.92. The van der Waals surface area contributed by atoms with Crippen LogP contribution in [0.1, 0.15) is 25.1 Å². The van der Waals surface area contributed by atoms with Crippen molar-refractivity contribution in [3.63, 3.8) is 0 Å². The summed E-state index contributed by atoms with van der Waals surface area (Å²) in [6.07, 6.45) is 1.87. The molecule has 0 atom stereocenters. The third-order valence-corrected chi connectivity index (χ3v) is 2.85. The number of aliphatic hydroxyl groups excluding tert-OH is 1. The molecule has 0 saturated carbocycles. The summed E-state index contributed by atoms with van der Waals surface area (Å²) in [7, 11) is 0. The second-order valence-corrected chi connectivity index (χ2v) is 4.78. The zero-order chi connectivity index (χ0) is 13.1. The zero-order valence-corrected chi connectivity index (χ0v) is 11.1. The van der Waals surface area contributed by atoms with E-state index >= 15 is 0 Å². The molecular formula is C13H20N4O. The molecule has 0 saturated heterocycles. The van der Waals surface area contributed by atoms with E-state index in [0.29, 0.717) is 12.6 Å². The van der Waals surface area contributed by atoms with Crippen molar-refractivity contribution in [1.82, 2.24) is 20.1 Å². The third kappa shape index (κ3) is 2.68. The van der Waals surface area contributed by atoms with Gasteiger partial charge in [0.1, 0.15) is 0 Å². The highest BCUT2D eigenvalue weighted by Crippen LogP contribution is 2.17. The van der Waals surface area contributed by atoms with Gasteiger partial charge in [0.05, 0.1) is 18.8 Å². The Morgan fingerprint density at radius 1 is 1.44 bits per heavy atom. The van der Waals surface area contributed by atoms with Crippen LogP contribution in [-0.4, -0.2) is 32.5 Å². The van der Waals surface area contributed by atoms with E-state index in [1.165, 1.54) is 0 Å². The number of fused-ring (bicyclic) bond motifs is 1. The Morgan fingerprint density at radius 3 is 2.89 bits per heavy atom. The van der Waals surface area contributed by atoms with E-state index in [9.17, 15) is 0 Å². The SMILES string of the molecule is Cc1nn(CCO)c2ncc(CNC(C)C)cc12. The molecule has 0 aliphatic rings. The van der Waals surface area contributed by atoms with Crippen LogP contribution >= 0.6 is 0 Å². The molecular weight excluding hydrogens is 228 g/mol. The fraction of sp³-hybridized carbons (Fsp3) is 0.538. The van der Waals surface area contributed by atoms with Gasteiger partial charge in [0.25, 0.3) is 0 Å². The van der Waals surface area contributed by atoms with Crippen molar-refractivity contribution in [1.29, 1.82) is 0 Å². The molecule has 0 unspecified atom stereocenters. The van der Waals surface area contributed by atoms with Crippen LogP contribution in [0.25, 0.3) is 11.0 Å². The molecule has 0 radical (unpaired) electrons. The quantitative estimate of drug-likeness (QED) is 0.835. The van der Waals surface area contributed by atoms with Gasteiger partial charge >= 0.3 is 0 Å². The molecule has 0 aliphatic heterocycles. The van der Waals surface area contributed by atoms with Crippen molar-refractivity contribution < 1.29 is 5.11 Å². The van der Waals surface area contributed by atoms with Crippen molar-refractivity contribution in [2.75, 3.05) is 6.61 Å². The monoisotopic (exact) mass is 248 g/mol. The minimum atomic E-state index is 0.0779. The predicted molar refractivity (Wildman–Crippen MR) is 71.3 cm³/mol. The van der Waals surface area contributed by atoms with E-state index in [1.54, 1.807) is 4.68 Å². The molecule has 0 aromatic carbocycles. The number of hydrogen-bond acceptors (Lipinski definition) is 4. The lowest BCUT2D eigenvalue weighted by molar-refractivity contribution is 0.271. The Balaban J connectivity index is 2.30. The molecule has 0 bridgehead atoms. The Labute approximate surface area is 107 Å². The summed E-state index contributed by atoms with van der Waals surface area (Å²) in [6.45, 7) is 7.59. The van der Waals surface area contributed by atoms with Crippen LogP contribution in [0.4, 0.5) is 0 Å². The standard InChI is InChI=1S/C13H20N4O/c1-9(2)14-7-11-6-12-10(3)16-17(4-5-18)13(12)15-8-11/h6,8-9,14,18H,4-5,7H2,1-3H3. The normalized spacial score (nSPS) is 11.6. The van der Waals surface area contributed by atoms with Gasteiger partial charge in [-0.05, 0) is 18.6 Å². The minimum Gasteiger partial charge on any atom is -0.394 e. The third-order valence-electron chi connectivity index (χ3n) is 2.85. The molecule has 2 aromatic rings. The molecule has 2 heterocycles. The van der Waals surface area contributed by atoms with Crippen LogP contribution in [0.3, 0.4) is 0 Å². The van der Waals surface area contributed by atoms with E-state index in [-0.39, 0.29) is 6.61 Å². The highest BCUT2D eigenvalue weighted by Gasteiger charge is 2.09. The van der Waals surface area contributed by atoms with Gasteiger partial charge in [-0.1, -0.05) is 13.8 Å². The Hall–Kier alpha value is -1.46. The maximum Gasteiger partial charge on any atom is 0.158 e. The first-order valence-corrected chi connectivity index (χ1v) is 6.28. The summed E-state index contributed by atoms with van der Waals surface area (Å²) in [5.74, 6) is 0. The van der Waals surface area contributed by atoms with E-state index in [2.05, 4.69) is 35.3 Å². The number of pyridine rings is 1. The summed E-state index contributed by atoms with van der Waals surface area (Å²) >= 11 is 0. The second kappa shape index (κ2) is 5.46. The molecule has 5 heteroatoms.